The maximum atomic E-state index is 13.5. The summed E-state index contributed by atoms with van der Waals surface area (Å²) in [5.41, 5.74) is 2.26. The Morgan fingerprint density at radius 3 is 2.25 bits per heavy atom. The second kappa shape index (κ2) is 10.3. The van der Waals surface area contributed by atoms with Crippen LogP contribution in [-0.2, 0) is 25.6 Å². The largest absolute Gasteiger partial charge is 0.445 e. The van der Waals surface area contributed by atoms with Crippen LogP contribution in [0.1, 0.15) is 40.6 Å². The minimum Gasteiger partial charge on any atom is -0.445 e. The van der Waals surface area contributed by atoms with Crippen molar-refractivity contribution in [1.29, 1.82) is 0 Å². The molecule has 0 aromatic heterocycles. The van der Waals surface area contributed by atoms with E-state index >= 15 is 0 Å². The fourth-order valence-electron chi connectivity index (χ4n) is 4.72. The molecular formula is C25H29NO6. The quantitative estimate of drug-likeness (QED) is 0.480. The molecule has 32 heavy (non-hydrogen) atoms. The Morgan fingerprint density at radius 2 is 1.59 bits per heavy atom. The average molecular weight is 440 g/mol. The van der Waals surface area contributed by atoms with E-state index < -0.39 is 6.29 Å². The summed E-state index contributed by atoms with van der Waals surface area (Å²) in [5.74, 6) is -0.156. The summed E-state index contributed by atoms with van der Waals surface area (Å²) in [4.78, 5) is 28.1. The Balaban J connectivity index is 1.47. The van der Waals surface area contributed by atoms with Crippen molar-refractivity contribution in [3.8, 4) is 0 Å². The zero-order valence-corrected chi connectivity index (χ0v) is 18.4. The van der Waals surface area contributed by atoms with Gasteiger partial charge in [-0.3, -0.25) is 9.69 Å². The second-order valence-electron chi connectivity index (χ2n) is 8.22. The maximum Gasteiger partial charge on any atom is 0.410 e. The van der Waals surface area contributed by atoms with Crippen LogP contribution < -0.4 is 0 Å². The van der Waals surface area contributed by atoms with Crippen LogP contribution in [0.15, 0.2) is 54.6 Å². The van der Waals surface area contributed by atoms with Crippen molar-refractivity contribution >= 4 is 11.9 Å². The molecule has 0 radical (unpaired) electrons. The van der Waals surface area contributed by atoms with Gasteiger partial charge in [-0.2, -0.15) is 0 Å². The Morgan fingerprint density at radius 1 is 0.969 bits per heavy atom. The predicted octanol–water partition coefficient (Wildman–Crippen LogP) is 3.98. The minimum absolute atomic E-state index is 0.0499. The number of hydrogen-bond acceptors (Lipinski definition) is 6. The number of amides is 1. The Kier molecular flexibility index (Phi) is 7.19. The predicted molar refractivity (Wildman–Crippen MR) is 117 cm³/mol. The molecule has 7 heteroatoms. The SMILES string of the molecule is COC(OC)c1ccccc1C(=O)C1CC2COCC(C1)N2C(=O)OCc1ccccc1. The van der Waals surface area contributed by atoms with E-state index in [1.54, 1.807) is 19.1 Å². The monoisotopic (exact) mass is 439 g/mol. The highest BCUT2D eigenvalue weighted by Crippen LogP contribution is 2.35. The first-order valence-corrected chi connectivity index (χ1v) is 10.9. The Hall–Kier alpha value is -2.74. The lowest BCUT2D eigenvalue weighted by molar-refractivity contribution is -0.106. The minimum atomic E-state index is -0.606. The third-order valence-corrected chi connectivity index (χ3v) is 6.22. The maximum absolute atomic E-state index is 13.5. The number of nitrogens with zero attached hydrogens (tertiary/aromatic N) is 1. The van der Waals surface area contributed by atoms with Crippen LogP contribution in [0.5, 0.6) is 0 Å². The van der Waals surface area contributed by atoms with Crippen molar-refractivity contribution in [1.82, 2.24) is 4.90 Å². The number of carbonyl (C=O) groups excluding carboxylic acids is 2. The first kappa shape index (κ1) is 22.5. The van der Waals surface area contributed by atoms with E-state index in [1.165, 1.54) is 0 Å². The molecule has 2 unspecified atom stereocenters. The number of rotatable bonds is 7. The molecule has 0 spiro atoms. The van der Waals surface area contributed by atoms with Crippen LogP contribution in [0.25, 0.3) is 0 Å². The highest BCUT2D eigenvalue weighted by Gasteiger charge is 2.45. The average Bonchev–Trinajstić information content (AvgIpc) is 2.83. The molecule has 170 valence electrons. The molecule has 2 heterocycles. The van der Waals surface area contributed by atoms with Gasteiger partial charge in [-0.25, -0.2) is 4.79 Å². The van der Waals surface area contributed by atoms with Crippen molar-refractivity contribution in [2.75, 3.05) is 27.4 Å². The summed E-state index contributed by atoms with van der Waals surface area (Å²) in [6.45, 7) is 1.03. The molecule has 2 bridgehead atoms. The summed E-state index contributed by atoms with van der Waals surface area (Å²) in [7, 11) is 3.10. The lowest BCUT2D eigenvalue weighted by atomic mass is 9.80. The molecule has 2 aromatic rings. The summed E-state index contributed by atoms with van der Waals surface area (Å²) in [6.07, 6.45) is 0.118. The van der Waals surface area contributed by atoms with Crippen LogP contribution in [0.2, 0.25) is 0 Å². The number of carbonyl (C=O) groups is 2. The normalized spacial score (nSPS) is 22.6. The Bertz CT molecular complexity index is 915. The standard InChI is InChI=1S/C25H29NO6/c1-29-24(30-2)22-11-7-6-10-21(22)23(27)18-12-19-15-31-16-20(13-18)26(19)25(28)32-14-17-8-4-3-5-9-17/h3-11,18-20,24H,12-16H2,1-2H3. The third-order valence-electron chi connectivity index (χ3n) is 6.22. The fourth-order valence-corrected chi connectivity index (χ4v) is 4.72. The van der Waals surface area contributed by atoms with E-state index in [0.29, 0.717) is 37.2 Å². The third kappa shape index (κ3) is 4.70. The number of piperidine rings is 1. The van der Waals surface area contributed by atoms with Crippen molar-refractivity contribution < 1.29 is 28.5 Å². The summed E-state index contributed by atoms with van der Waals surface area (Å²) < 4.78 is 22.1. The smallest absolute Gasteiger partial charge is 0.410 e. The zero-order chi connectivity index (χ0) is 22.5. The molecule has 2 aliphatic rings. The first-order chi connectivity index (χ1) is 15.6. The zero-order valence-electron chi connectivity index (χ0n) is 18.4. The molecule has 2 aliphatic heterocycles. The van der Waals surface area contributed by atoms with E-state index in [1.807, 2.05) is 54.6 Å². The lowest BCUT2D eigenvalue weighted by Gasteiger charge is -2.47. The number of hydrogen-bond donors (Lipinski definition) is 0. The van der Waals surface area contributed by atoms with Crippen molar-refractivity contribution in [2.45, 2.75) is 37.8 Å². The molecule has 0 saturated carbocycles. The van der Waals surface area contributed by atoms with E-state index in [9.17, 15) is 9.59 Å². The molecular weight excluding hydrogens is 410 g/mol. The van der Waals surface area contributed by atoms with Gasteiger partial charge in [0.25, 0.3) is 0 Å². The molecule has 0 N–H and O–H groups in total. The lowest BCUT2D eigenvalue weighted by Crippen LogP contribution is -2.60. The van der Waals surface area contributed by atoms with Gasteiger partial charge in [-0.05, 0) is 18.4 Å². The van der Waals surface area contributed by atoms with Gasteiger partial charge >= 0.3 is 6.09 Å². The van der Waals surface area contributed by atoms with Crippen LogP contribution in [0.3, 0.4) is 0 Å². The van der Waals surface area contributed by atoms with Crippen LogP contribution in [-0.4, -0.2) is 56.3 Å². The second-order valence-corrected chi connectivity index (χ2v) is 8.22. The molecule has 0 aliphatic carbocycles. The molecule has 2 fully saturated rings. The first-order valence-electron chi connectivity index (χ1n) is 10.9. The van der Waals surface area contributed by atoms with E-state index in [4.69, 9.17) is 18.9 Å². The van der Waals surface area contributed by atoms with Crippen LogP contribution >= 0.6 is 0 Å². The van der Waals surface area contributed by atoms with E-state index in [-0.39, 0.29) is 36.5 Å². The van der Waals surface area contributed by atoms with Gasteiger partial charge in [0.2, 0.25) is 0 Å². The van der Waals surface area contributed by atoms with Crippen molar-refractivity contribution in [2.24, 2.45) is 5.92 Å². The van der Waals surface area contributed by atoms with Gasteiger partial charge < -0.3 is 18.9 Å². The van der Waals surface area contributed by atoms with Gasteiger partial charge in [0, 0.05) is 31.3 Å². The van der Waals surface area contributed by atoms with Crippen molar-refractivity contribution in [3.05, 3.63) is 71.3 Å². The summed E-state index contributed by atoms with van der Waals surface area (Å²) >= 11 is 0. The molecule has 2 atom stereocenters. The molecule has 2 saturated heterocycles. The number of morpholine rings is 1. The van der Waals surface area contributed by atoms with E-state index in [0.717, 1.165) is 5.56 Å². The van der Waals surface area contributed by atoms with Gasteiger partial charge in [0.15, 0.2) is 12.1 Å². The van der Waals surface area contributed by atoms with Crippen molar-refractivity contribution in [3.63, 3.8) is 0 Å². The Labute approximate surface area is 188 Å². The van der Waals surface area contributed by atoms with Gasteiger partial charge in [-0.1, -0.05) is 54.6 Å². The van der Waals surface area contributed by atoms with Gasteiger partial charge in [-0.15, -0.1) is 0 Å². The van der Waals surface area contributed by atoms with Gasteiger partial charge in [0.05, 0.1) is 25.3 Å². The van der Waals surface area contributed by atoms with Gasteiger partial charge in [0.1, 0.15) is 6.61 Å². The summed E-state index contributed by atoms with van der Waals surface area (Å²) in [6, 6.07) is 16.6. The number of ketones is 1. The fraction of sp³-hybridized carbons (Fsp3) is 0.440. The number of methoxy groups -OCH3 is 2. The number of Topliss-reactive ketones (excluding diaryl/α,β-unsaturated/α-hetero) is 1. The molecule has 1 amide bonds. The molecule has 7 nitrogen and oxygen atoms in total. The summed E-state index contributed by atoms with van der Waals surface area (Å²) in [5, 5.41) is 0. The van der Waals surface area contributed by atoms with Crippen LogP contribution in [0, 0.1) is 5.92 Å². The topological polar surface area (TPSA) is 74.3 Å². The van der Waals surface area contributed by atoms with E-state index in [2.05, 4.69) is 0 Å². The highest BCUT2D eigenvalue weighted by molar-refractivity contribution is 5.99. The number of ether oxygens (including phenoxy) is 4. The number of fused-ring (bicyclic) bond motifs is 2. The number of benzene rings is 2. The molecule has 2 aromatic carbocycles. The highest BCUT2D eigenvalue weighted by atomic mass is 16.7. The molecule has 4 rings (SSSR count). The van der Waals surface area contributed by atoms with Crippen LogP contribution in [0.4, 0.5) is 4.79 Å².